The molecule has 0 aliphatic heterocycles. The van der Waals surface area contributed by atoms with Gasteiger partial charge in [-0.1, -0.05) is 110 Å². The van der Waals surface area contributed by atoms with E-state index in [0.29, 0.717) is 36.6 Å². The minimum absolute atomic E-state index is 0.00122. The van der Waals surface area contributed by atoms with E-state index in [4.69, 9.17) is 4.43 Å². The Morgan fingerprint density at radius 1 is 0.342 bits per heavy atom. The van der Waals surface area contributed by atoms with Crippen LogP contribution in [0.1, 0.15) is 72.9 Å². The van der Waals surface area contributed by atoms with Gasteiger partial charge in [-0.15, -0.1) is 21.9 Å². The van der Waals surface area contributed by atoms with Crippen LogP contribution in [0.5, 0.6) is 5.75 Å². The van der Waals surface area contributed by atoms with E-state index in [2.05, 4.69) is 0 Å². The van der Waals surface area contributed by atoms with E-state index < -0.39 is 214 Å². The summed E-state index contributed by atoms with van der Waals surface area (Å²) in [5.41, 5.74) is -27.6. The third-order valence-electron chi connectivity index (χ3n) is 17.2. The molecule has 28 heteroatoms. The highest BCUT2D eigenvalue weighted by atomic mass is 28.4. The van der Waals surface area contributed by atoms with Crippen molar-refractivity contribution in [2.75, 3.05) is 0 Å². The van der Waals surface area contributed by atoms with Crippen molar-refractivity contribution in [2.45, 2.75) is 134 Å². The lowest BCUT2D eigenvalue weighted by Crippen LogP contribution is -2.81. The SMILES string of the molecule is CC[Si](CC)(CC)CCC[Si](CC[Si](CC)(CC)CC)(Oc1c(F)c(F)c2c(c1F)C(F)(F)c1c-2c(F)c(F)c(F)c1[B-](c1c(F)c(F)c(F)c(F)c1F)(c1c(F)c(F)c(F)c(F)c1F)c1c(F)c(F)c(F)c(F)c1F)C(C)C. The van der Waals surface area contributed by atoms with E-state index in [1.54, 1.807) is 13.8 Å². The number of alkyl halides is 2. The van der Waals surface area contributed by atoms with Gasteiger partial charge in [0.2, 0.25) is 5.82 Å². The van der Waals surface area contributed by atoms with Crippen LogP contribution in [0.2, 0.25) is 66.0 Å². The molecule has 1 nitrogen and oxygen atoms in total. The molecule has 0 radical (unpaired) electrons. The summed E-state index contributed by atoms with van der Waals surface area (Å²) in [5.74, 6) is -83.4. The molecule has 1 unspecified atom stereocenters. The third-order valence-corrected chi connectivity index (χ3v) is 34.5. The van der Waals surface area contributed by atoms with Crippen molar-refractivity contribution in [3.05, 3.63) is 133 Å². The number of fused-ring (bicyclic) bond motifs is 3. The molecule has 1 aliphatic rings. The molecule has 0 bridgehead atoms. The van der Waals surface area contributed by atoms with Gasteiger partial charge in [0, 0.05) is 16.7 Å². The van der Waals surface area contributed by atoms with Crippen molar-refractivity contribution in [3.63, 3.8) is 0 Å². The molecule has 0 spiro atoms. The quantitative estimate of drug-likeness (QED) is 0.0327. The average Bonchev–Trinajstić information content (AvgIpc) is 3.55. The van der Waals surface area contributed by atoms with E-state index >= 15 is 87.8 Å². The zero-order valence-electron chi connectivity index (χ0n) is 43.0. The zero-order chi connectivity index (χ0) is 59.9. The number of hydrogen-bond acceptors (Lipinski definition) is 1. The Balaban J connectivity index is 1.90. The molecule has 79 heavy (non-hydrogen) atoms. The first-order chi connectivity index (χ1) is 36.7. The van der Waals surface area contributed by atoms with Gasteiger partial charge >= 0.3 is 0 Å². The first kappa shape index (κ1) is 63.2. The molecule has 0 N–H and O–H groups in total. The fourth-order valence-corrected chi connectivity index (χ4v) is 25.2. The standard InChI is InChI=1S/C51H47BF23OSi3/c1-9-77(10-2,11-3)16-15-17-79(20(7)8,19-18-78(12-4,13-5)14-6)76-50-31(55)24-22(30(54)49(50)73)21-23(51(24,74)75)25(32(56)39(63)29(21)53)52(26-33(57)40(64)46(70)41(65)34(26)58,27-35(59)42(66)47(71)43(67)36(27)60)28-37(61)44(68)48(72)45(69)38(28)62/h20H,9-19H2,1-8H3/q-1. The Bertz CT molecular complexity index is 3000. The van der Waals surface area contributed by atoms with Crippen molar-refractivity contribution < 1.29 is 105 Å². The van der Waals surface area contributed by atoms with Crippen LogP contribution in [0.15, 0.2) is 0 Å². The second kappa shape index (κ2) is 22.4. The van der Waals surface area contributed by atoms with E-state index in [1.165, 1.54) is 0 Å². The van der Waals surface area contributed by atoms with Gasteiger partial charge in [0.15, 0.2) is 81.4 Å². The first-order valence-corrected chi connectivity index (χ1v) is 32.9. The molecule has 0 saturated carbocycles. The molecule has 0 aromatic heterocycles. The molecule has 5 aromatic rings. The molecule has 0 saturated heterocycles. The highest BCUT2D eigenvalue weighted by molar-refractivity contribution is 7.20. The number of hydrogen-bond donors (Lipinski definition) is 0. The number of benzene rings is 5. The van der Waals surface area contributed by atoms with Crippen LogP contribution in [0.3, 0.4) is 0 Å². The lowest BCUT2D eigenvalue weighted by atomic mass is 9.12. The summed E-state index contributed by atoms with van der Waals surface area (Å²) in [7, 11) is -8.33. The lowest BCUT2D eigenvalue weighted by molar-refractivity contribution is 0.0439. The Morgan fingerprint density at radius 2 is 0.633 bits per heavy atom. The van der Waals surface area contributed by atoms with Gasteiger partial charge in [0.25, 0.3) is 14.2 Å². The highest BCUT2D eigenvalue weighted by Gasteiger charge is 2.60. The van der Waals surface area contributed by atoms with Gasteiger partial charge in [-0.2, -0.15) is 13.2 Å². The van der Waals surface area contributed by atoms with Crippen molar-refractivity contribution in [1.29, 1.82) is 0 Å². The predicted octanol–water partition coefficient (Wildman–Crippen LogP) is 16.2. The molecule has 5 aromatic carbocycles. The molecular formula is C51H47BF23OSi3-. The maximum atomic E-state index is 18.1. The number of rotatable bonds is 20. The van der Waals surface area contributed by atoms with Crippen LogP contribution in [0.25, 0.3) is 11.1 Å². The smallest absolute Gasteiger partial charge is 0.299 e. The van der Waals surface area contributed by atoms with Crippen molar-refractivity contribution >= 4 is 52.5 Å². The molecule has 0 amide bonds. The topological polar surface area (TPSA) is 9.23 Å². The van der Waals surface area contributed by atoms with Gasteiger partial charge in [-0.05, 0) is 17.6 Å². The van der Waals surface area contributed by atoms with Crippen LogP contribution in [0.4, 0.5) is 101 Å². The summed E-state index contributed by atoms with van der Waals surface area (Å²) in [4.78, 5) is 0. The summed E-state index contributed by atoms with van der Waals surface area (Å²) in [6.07, 6.45) is -7.41. The zero-order valence-corrected chi connectivity index (χ0v) is 46.0. The Hall–Kier alpha value is -4.99. The van der Waals surface area contributed by atoms with Gasteiger partial charge in [0.05, 0.1) is 21.7 Å². The van der Waals surface area contributed by atoms with Crippen molar-refractivity contribution in [1.82, 2.24) is 0 Å². The Labute approximate surface area is 440 Å². The van der Waals surface area contributed by atoms with Gasteiger partial charge in [-0.3, -0.25) is 0 Å². The maximum Gasteiger partial charge on any atom is 0.299 e. The fourth-order valence-electron chi connectivity index (χ4n) is 11.8. The van der Waals surface area contributed by atoms with Crippen molar-refractivity contribution in [3.8, 4) is 16.9 Å². The first-order valence-electron chi connectivity index (χ1n) is 24.9. The van der Waals surface area contributed by atoms with E-state index in [9.17, 15) is 13.2 Å². The summed E-state index contributed by atoms with van der Waals surface area (Å²) in [6, 6.07) is 5.31. The molecule has 434 valence electrons. The molecular weight excluding hydrogens is 1160 g/mol. The predicted molar refractivity (Wildman–Crippen MR) is 257 cm³/mol. The average molecular weight is 1210 g/mol. The third kappa shape index (κ3) is 9.29. The summed E-state index contributed by atoms with van der Waals surface area (Å²) >= 11 is 0. The normalized spacial score (nSPS) is 14.4. The Kier molecular flexibility index (Phi) is 17.9. The minimum Gasteiger partial charge on any atom is -0.539 e. The summed E-state index contributed by atoms with van der Waals surface area (Å²) < 4.78 is 382. The molecule has 0 heterocycles. The van der Waals surface area contributed by atoms with Crippen LogP contribution in [-0.4, -0.2) is 30.6 Å². The molecule has 1 aliphatic carbocycles. The minimum atomic E-state index is -7.71. The number of halogens is 23. The van der Waals surface area contributed by atoms with Crippen LogP contribution >= 0.6 is 0 Å². The largest absolute Gasteiger partial charge is 0.539 e. The molecule has 1 atom stereocenters. The Morgan fingerprint density at radius 3 is 0.975 bits per heavy atom. The van der Waals surface area contributed by atoms with E-state index in [-0.39, 0.29) is 12.1 Å². The second-order valence-electron chi connectivity index (χ2n) is 20.3. The summed E-state index contributed by atoms with van der Waals surface area (Å²) in [5, 5.41) is 0. The van der Waals surface area contributed by atoms with Gasteiger partial charge in [0.1, 0.15) is 46.9 Å². The van der Waals surface area contributed by atoms with E-state index in [1.807, 2.05) is 41.5 Å². The van der Waals surface area contributed by atoms with Crippen molar-refractivity contribution in [2.24, 2.45) is 0 Å². The van der Waals surface area contributed by atoms with Gasteiger partial charge < -0.3 is 4.43 Å². The molecule has 0 fully saturated rings. The van der Waals surface area contributed by atoms with Gasteiger partial charge in [-0.25, -0.2) is 87.8 Å². The monoisotopic (exact) mass is 1210 g/mol. The van der Waals surface area contributed by atoms with E-state index in [0.717, 1.165) is 18.1 Å². The molecule has 6 rings (SSSR count). The lowest BCUT2D eigenvalue weighted by Gasteiger charge is -2.46. The van der Waals surface area contributed by atoms with Crippen LogP contribution in [-0.2, 0) is 5.92 Å². The summed E-state index contributed by atoms with van der Waals surface area (Å²) in [6.45, 7) is 14.7. The van der Waals surface area contributed by atoms with Crippen LogP contribution in [0, 0.1) is 122 Å². The van der Waals surface area contributed by atoms with Crippen LogP contribution < -0.4 is 26.3 Å². The highest BCUT2D eigenvalue weighted by Crippen LogP contribution is 2.57. The maximum absolute atomic E-state index is 18.1. The second-order valence-corrected chi connectivity index (χ2v) is 36.0. The fraction of sp³-hybridized carbons (Fsp3) is 0.412.